The molecule has 0 amide bonds. The first-order chi connectivity index (χ1) is 6.49. The zero-order valence-electron chi connectivity index (χ0n) is 9.86. The van der Waals surface area contributed by atoms with Crippen molar-refractivity contribution in [2.45, 2.75) is 20.8 Å². The van der Waals surface area contributed by atoms with Crippen LogP contribution >= 0.6 is 0 Å². The number of hydrogen-bond donors (Lipinski definition) is 1. The second-order valence-corrected chi connectivity index (χ2v) is 5.07. The van der Waals surface area contributed by atoms with E-state index >= 15 is 0 Å². The third-order valence-electron chi connectivity index (χ3n) is 2.62. The Balaban J connectivity index is 0. The number of ether oxygens (including phenoxy) is 1. The molecule has 0 spiro atoms. The molecule has 0 saturated heterocycles. The Morgan fingerprint density at radius 3 is 1.80 bits per heavy atom. The summed E-state index contributed by atoms with van der Waals surface area (Å²) < 4.78 is 31.0. The highest BCUT2D eigenvalue weighted by molar-refractivity contribution is 7.83. The normalized spacial score (nSPS) is 12.3. The van der Waals surface area contributed by atoms with Crippen molar-refractivity contribution < 1.29 is 22.5 Å². The van der Waals surface area contributed by atoms with Gasteiger partial charge in [0.1, 0.15) is 6.73 Å². The molecular formula is C8H22N2O4S. The van der Waals surface area contributed by atoms with Crippen LogP contribution in [-0.2, 0) is 14.9 Å². The van der Waals surface area contributed by atoms with Gasteiger partial charge in [-0.3, -0.25) is 0 Å². The predicted octanol–water partition coefficient (Wildman–Crippen LogP) is 0.124. The molecule has 0 radical (unpaired) electrons. The van der Waals surface area contributed by atoms with Crippen LogP contribution in [0.5, 0.6) is 0 Å². The third kappa shape index (κ3) is 3.69. The van der Waals surface area contributed by atoms with E-state index in [1.165, 1.54) is 7.11 Å². The highest BCUT2D eigenvalue weighted by Crippen LogP contribution is 2.12. The van der Waals surface area contributed by atoms with E-state index in [1.807, 2.05) is 20.8 Å². The van der Waals surface area contributed by atoms with Crippen molar-refractivity contribution in [3.8, 4) is 0 Å². The molecule has 15 heavy (non-hydrogen) atoms. The maximum atomic E-state index is 11.9. The quantitative estimate of drug-likeness (QED) is 0.507. The van der Waals surface area contributed by atoms with Gasteiger partial charge in [0.2, 0.25) is 0 Å². The lowest BCUT2D eigenvalue weighted by Crippen LogP contribution is -2.57. The Morgan fingerprint density at radius 2 is 1.53 bits per heavy atom. The Labute approximate surface area is 92.3 Å². The van der Waals surface area contributed by atoms with E-state index in [2.05, 4.69) is 4.72 Å². The fraction of sp³-hybridized carbons (Fsp3) is 1.00. The van der Waals surface area contributed by atoms with Gasteiger partial charge in [-0.2, -0.15) is 8.42 Å². The molecule has 0 aliphatic rings. The monoisotopic (exact) mass is 242 g/mol. The first kappa shape index (κ1) is 17.2. The molecule has 0 aromatic carbocycles. The highest BCUT2D eigenvalue weighted by atomic mass is 32.2. The van der Waals surface area contributed by atoms with Crippen LogP contribution < -0.4 is 4.72 Å². The van der Waals surface area contributed by atoms with Crippen LogP contribution in [0.1, 0.15) is 20.8 Å². The fourth-order valence-corrected chi connectivity index (χ4v) is 3.01. The molecular weight excluding hydrogens is 220 g/mol. The van der Waals surface area contributed by atoms with E-state index in [0.717, 1.165) is 0 Å². The third-order valence-corrected chi connectivity index (χ3v) is 4.90. The van der Waals surface area contributed by atoms with Crippen LogP contribution in [0.3, 0.4) is 0 Å². The number of hydrogen-bond acceptors (Lipinski definition) is 4. The second kappa shape index (κ2) is 7.13. The smallest absolute Gasteiger partial charge is 0.372 e. The van der Waals surface area contributed by atoms with Crippen molar-refractivity contribution in [2.24, 2.45) is 0 Å². The summed E-state index contributed by atoms with van der Waals surface area (Å²) in [6.45, 7) is 7.34. The molecule has 0 aliphatic heterocycles. The van der Waals surface area contributed by atoms with E-state index in [0.29, 0.717) is 19.6 Å². The molecule has 94 valence electrons. The maximum Gasteiger partial charge on any atom is 0.372 e. The number of nitrogens with zero attached hydrogens (tertiary/aromatic N) is 1. The Hall–Kier alpha value is -0.210. The summed E-state index contributed by atoms with van der Waals surface area (Å²) in [7, 11) is -1.87. The van der Waals surface area contributed by atoms with Gasteiger partial charge in [-0.05, 0) is 20.8 Å². The van der Waals surface area contributed by atoms with Crippen LogP contribution in [0, 0.1) is 0 Å². The standard InChI is InChI=1S/C8H21N2O3S.H2O/c1-5-10(6-2,7-3)14(11,12)9-8-13-4;/h9H,5-8H2,1-4H3;1H2/q+1;/p-1. The van der Waals surface area contributed by atoms with Gasteiger partial charge < -0.3 is 10.2 Å². The van der Waals surface area contributed by atoms with Crippen LogP contribution in [0.15, 0.2) is 0 Å². The molecule has 2 N–H and O–H groups in total. The number of rotatable bonds is 7. The summed E-state index contributed by atoms with van der Waals surface area (Å²) in [4.78, 5) is 0. The van der Waals surface area contributed by atoms with E-state index in [1.54, 1.807) is 0 Å². The summed E-state index contributed by atoms with van der Waals surface area (Å²) in [5.74, 6) is 0. The van der Waals surface area contributed by atoms with Crippen molar-refractivity contribution >= 4 is 10.2 Å². The van der Waals surface area contributed by atoms with Crippen molar-refractivity contribution in [2.75, 3.05) is 33.5 Å². The molecule has 0 aliphatic carbocycles. The summed E-state index contributed by atoms with van der Waals surface area (Å²) in [5.41, 5.74) is 0. The van der Waals surface area contributed by atoms with Gasteiger partial charge in [0.25, 0.3) is 0 Å². The van der Waals surface area contributed by atoms with Crippen molar-refractivity contribution in [3.63, 3.8) is 0 Å². The van der Waals surface area contributed by atoms with Crippen molar-refractivity contribution in [3.05, 3.63) is 0 Å². The van der Waals surface area contributed by atoms with Crippen LogP contribution in [0.25, 0.3) is 0 Å². The van der Waals surface area contributed by atoms with Crippen LogP contribution in [0.4, 0.5) is 0 Å². The number of methoxy groups -OCH3 is 1. The zero-order valence-corrected chi connectivity index (χ0v) is 10.7. The molecule has 0 atom stereocenters. The first-order valence-electron chi connectivity index (χ1n) is 4.84. The van der Waals surface area contributed by atoms with Crippen LogP contribution in [-0.4, -0.2) is 51.3 Å². The summed E-state index contributed by atoms with van der Waals surface area (Å²) in [5, 5.41) is 0. The second-order valence-electron chi connectivity index (χ2n) is 3.06. The fourth-order valence-electron chi connectivity index (χ4n) is 1.45. The van der Waals surface area contributed by atoms with Gasteiger partial charge in [0, 0.05) is 7.11 Å². The van der Waals surface area contributed by atoms with Crippen molar-refractivity contribution in [1.29, 1.82) is 0 Å². The minimum absolute atomic E-state index is 0. The molecule has 0 heterocycles. The molecule has 0 unspecified atom stereocenters. The van der Waals surface area contributed by atoms with Gasteiger partial charge in [-0.15, -0.1) is 4.72 Å². The van der Waals surface area contributed by atoms with E-state index < -0.39 is 10.2 Å². The van der Waals surface area contributed by atoms with Crippen molar-refractivity contribution in [1.82, 2.24) is 4.72 Å². The lowest BCUT2D eigenvalue weighted by atomic mass is 10.5. The van der Waals surface area contributed by atoms with E-state index in [4.69, 9.17) is 4.74 Å². The molecule has 0 bridgehead atoms. The van der Waals surface area contributed by atoms with Gasteiger partial charge in [0.05, 0.1) is 19.6 Å². The van der Waals surface area contributed by atoms with Gasteiger partial charge in [-0.25, -0.2) is 3.89 Å². The van der Waals surface area contributed by atoms with Gasteiger partial charge in [-0.1, -0.05) is 0 Å². The number of nitrogens with one attached hydrogen (secondary N) is 1. The Kier molecular flexibility index (Phi) is 8.17. The summed E-state index contributed by atoms with van der Waals surface area (Å²) >= 11 is 0. The molecule has 0 fully saturated rings. The SMILES string of the molecule is CC[N+](CC)(CC)S(=O)(=O)NCOC.[OH-]. The average molecular weight is 242 g/mol. The van der Waals surface area contributed by atoms with Gasteiger partial charge >= 0.3 is 10.2 Å². The first-order valence-corrected chi connectivity index (χ1v) is 6.28. The van der Waals surface area contributed by atoms with E-state index in [9.17, 15) is 8.42 Å². The van der Waals surface area contributed by atoms with E-state index in [-0.39, 0.29) is 16.1 Å². The molecule has 6 nitrogen and oxygen atoms in total. The lowest BCUT2D eigenvalue weighted by molar-refractivity contribution is -0.801. The molecule has 0 saturated carbocycles. The average Bonchev–Trinajstić information content (AvgIpc) is 2.18. The largest absolute Gasteiger partial charge is 0.870 e. The minimum atomic E-state index is -3.33. The summed E-state index contributed by atoms with van der Waals surface area (Å²) in [6, 6.07) is 0. The lowest BCUT2D eigenvalue weighted by Gasteiger charge is -2.33. The highest BCUT2D eigenvalue weighted by Gasteiger charge is 2.36. The number of quaternary nitrogens is 1. The molecule has 0 aromatic heterocycles. The summed E-state index contributed by atoms with van der Waals surface area (Å²) in [6.07, 6.45) is 0. The van der Waals surface area contributed by atoms with Gasteiger partial charge in [0.15, 0.2) is 0 Å². The zero-order chi connectivity index (χ0) is 11.2. The topological polar surface area (TPSA) is 85.4 Å². The van der Waals surface area contributed by atoms with Crippen LogP contribution in [0.2, 0.25) is 0 Å². The molecule has 7 heteroatoms. The molecule has 0 rings (SSSR count). The maximum absolute atomic E-state index is 11.9. The predicted molar refractivity (Wildman–Crippen MR) is 57.8 cm³/mol. The minimum Gasteiger partial charge on any atom is -0.870 e. The Bertz CT molecular complexity index is 241. The Morgan fingerprint density at radius 1 is 1.13 bits per heavy atom. The molecule has 0 aromatic rings.